The van der Waals surface area contributed by atoms with Gasteiger partial charge in [-0.3, -0.25) is 0 Å². The number of piperidine rings is 1. The number of hydrogen-bond acceptors (Lipinski definition) is 5. The molecule has 0 radical (unpaired) electrons. The summed E-state index contributed by atoms with van der Waals surface area (Å²) in [6, 6.07) is 13.8. The van der Waals surface area contributed by atoms with Crippen LogP contribution in [0.15, 0.2) is 53.6 Å². The highest BCUT2D eigenvalue weighted by molar-refractivity contribution is 7.89. The largest absolute Gasteiger partial charge is 0.357 e. The Morgan fingerprint density at radius 1 is 1.11 bits per heavy atom. The lowest BCUT2D eigenvalue weighted by atomic mass is 10.0. The first kappa shape index (κ1) is 19.8. The van der Waals surface area contributed by atoms with E-state index in [0.29, 0.717) is 10.9 Å². The summed E-state index contributed by atoms with van der Waals surface area (Å²) in [4.78, 5) is 7.08. The van der Waals surface area contributed by atoms with E-state index in [0.717, 1.165) is 37.3 Å². The summed E-state index contributed by atoms with van der Waals surface area (Å²) in [5.41, 5.74) is 1.10. The molecule has 6 nitrogen and oxygen atoms in total. The highest BCUT2D eigenvalue weighted by Gasteiger charge is 2.22. The third-order valence-corrected chi connectivity index (χ3v) is 6.94. The van der Waals surface area contributed by atoms with Crippen LogP contribution in [0.25, 0.3) is 0 Å². The summed E-state index contributed by atoms with van der Waals surface area (Å²) in [5, 5.41) is 3.68. The van der Waals surface area contributed by atoms with Gasteiger partial charge in [-0.25, -0.2) is 17.7 Å². The first-order chi connectivity index (χ1) is 12.9. The van der Waals surface area contributed by atoms with Crippen molar-refractivity contribution in [1.29, 1.82) is 0 Å². The minimum Gasteiger partial charge on any atom is -0.357 e. The molecule has 0 saturated carbocycles. The molecule has 1 aliphatic heterocycles. The van der Waals surface area contributed by atoms with Crippen molar-refractivity contribution in [3.05, 3.63) is 54.2 Å². The lowest BCUT2D eigenvalue weighted by Gasteiger charge is -2.34. The van der Waals surface area contributed by atoms with Crippen molar-refractivity contribution < 1.29 is 8.42 Å². The van der Waals surface area contributed by atoms with Crippen LogP contribution in [-0.4, -0.2) is 50.9 Å². The van der Waals surface area contributed by atoms with Gasteiger partial charge >= 0.3 is 0 Å². The zero-order chi connectivity index (χ0) is 19.4. The van der Waals surface area contributed by atoms with E-state index in [1.54, 1.807) is 26.2 Å². The van der Waals surface area contributed by atoms with E-state index in [9.17, 15) is 8.42 Å². The van der Waals surface area contributed by atoms with Gasteiger partial charge in [-0.1, -0.05) is 18.2 Å². The Balaban J connectivity index is 1.56. The minimum atomic E-state index is -3.38. The second-order valence-corrected chi connectivity index (χ2v) is 9.35. The standard InChI is InChI=1S/C20H28N4O2S/c1-16(17-7-9-19(10-8-17)27(25,26)23(2)3)22-18-11-14-24(15-12-18)20-6-4-5-13-21-20/h4-10,13,16,18,22H,11-12,14-15H2,1-3H3. The summed E-state index contributed by atoms with van der Waals surface area (Å²) in [5.74, 6) is 1.04. The topological polar surface area (TPSA) is 65.5 Å². The quantitative estimate of drug-likeness (QED) is 0.824. The fourth-order valence-corrected chi connectivity index (χ4v) is 4.31. The van der Waals surface area contributed by atoms with Gasteiger partial charge in [-0.05, 0) is 49.6 Å². The third-order valence-electron chi connectivity index (χ3n) is 5.11. The van der Waals surface area contributed by atoms with Crippen LogP contribution in [0, 0.1) is 0 Å². The predicted molar refractivity (Wildman–Crippen MR) is 108 cm³/mol. The lowest BCUT2D eigenvalue weighted by molar-refractivity contribution is 0.380. The van der Waals surface area contributed by atoms with Crippen LogP contribution in [-0.2, 0) is 10.0 Å². The van der Waals surface area contributed by atoms with Crippen molar-refractivity contribution in [3.63, 3.8) is 0 Å². The number of rotatable bonds is 6. The van der Waals surface area contributed by atoms with Crippen LogP contribution in [0.1, 0.15) is 31.4 Å². The fourth-order valence-electron chi connectivity index (χ4n) is 3.41. The highest BCUT2D eigenvalue weighted by atomic mass is 32.2. The van der Waals surface area contributed by atoms with Gasteiger partial charge in [0.1, 0.15) is 5.82 Å². The maximum absolute atomic E-state index is 12.2. The fraction of sp³-hybridized carbons (Fsp3) is 0.450. The number of benzene rings is 1. The predicted octanol–water partition coefficient (Wildman–Crippen LogP) is 2.65. The van der Waals surface area contributed by atoms with Crippen molar-refractivity contribution in [2.24, 2.45) is 0 Å². The van der Waals surface area contributed by atoms with Crippen LogP contribution in [0.4, 0.5) is 5.82 Å². The Labute approximate surface area is 162 Å². The zero-order valence-corrected chi connectivity index (χ0v) is 17.0. The van der Waals surface area contributed by atoms with E-state index < -0.39 is 10.0 Å². The molecule has 146 valence electrons. The summed E-state index contributed by atoms with van der Waals surface area (Å²) < 4.78 is 25.6. The molecule has 1 atom stereocenters. The molecule has 7 heteroatoms. The van der Waals surface area contributed by atoms with E-state index in [2.05, 4.69) is 28.2 Å². The lowest BCUT2D eigenvalue weighted by Crippen LogP contribution is -2.43. The smallest absolute Gasteiger partial charge is 0.242 e. The van der Waals surface area contributed by atoms with Crippen molar-refractivity contribution in [1.82, 2.24) is 14.6 Å². The summed E-state index contributed by atoms with van der Waals surface area (Å²) in [6.45, 7) is 4.10. The zero-order valence-electron chi connectivity index (χ0n) is 16.2. The average Bonchev–Trinajstić information content (AvgIpc) is 2.69. The maximum atomic E-state index is 12.2. The second kappa shape index (κ2) is 8.37. The summed E-state index contributed by atoms with van der Waals surface area (Å²) >= 11 is 0. The first-order valence-electron chi connectivity index (χ1n) is 9.32. The van der Waals surface area contributed by atoms with Crippen molar-refractivity contribution >= 4 is 15.8 Å². The van der Waals surface area contributed by atoms with Gasteiger partial charge in [0.2, 0.25) is 10.0 Å². The monoisotopic (exact) mass is 388 g/mol. The molecule has 27 heavy (non-hydrogen) atoms. The molecule has 0 spiro atoms. The van der Waals surface area contributed by atoms with Crippen LogP contribution >= 0.6 is 0 Å². The van der Waals surface area contributed by atoms with Gasteiger partial charge in [0.15, 0.2) is 0 Å². The van der Waals surface area contributed by atoms with Gasteiger partial charge in [-0.15, -0.1) is 0 Å². The van der Waals surface area contributed by atoms with Crippen molar-refractivity contribution in [2.75, 3.05) is 32.1 Å². The summed E-state index contributed by atoms with van der Waals surface area (Å²) in [6.07, 6.45) is 3.96. The second-order valence-electron chi connectivity index (χ2n) is 7.19. The molecule has 0 amide bonds. The van der Waals surface area contributed by atoms with Gasteiger partial charge in [0.05, 0.1) is 4.90 Å². The molecular weight excluding hydrogens is 360 g/mol. The molecule has 1 saturated heterocycles. The van der Waals surface area contributed by atoms with Gasteiger partial charge in [0.25, 0.3) is 0 Å². The van der Waals surface area contributed by atoms with Crippen LogP contribution in [0.3, 0.4) is 0 Å². The number of nitrogens with zero attached hydrogens (tertiary/aromatic N) is 3. The molecule has 1 unspecified atom stereocenters. The highest BCUT2D eigenvalue weighted by Crippen LogP contribution is 2.22. The first-order valence-corrected chi connectivity index (χ1v) is 10.8. The number of sulfonamides is 1. The molecule has 3 rings (SSSR count). The van der Waals surface area contributed by atoms with E-state index in [-0.39, 0.29) is 6.04 Å². The van der Waals surface area contributed by atoms with Crippen LogP contribution < -0.4 is 10.2 Å². The Hall–Kier alpha value is -1.96. The third kappa shape index (κ3) is 4.66. The SMILES string of the molecule is CC(NC1CCN(c2ccccn2)CC1)c1ccc(S(=O)(=O)N(C)C)cc1. The Kier molecular flexibility index (Phi) is 6.14. The van der Waals surface area contributed by atoms with E-state index in [1.165, 1.54) is 4.31 Å². The molecule has 1 N–H and O–H groups in total. The normalized spacial score (nSPS) is 17.3. The molecule has 2 heterocycles. The number of hydrogen-bond donors (Lipinski definition) is 1. The maximum Gasteiger partial charge on any atom is 0.242 e. The van der Waals surface area contributed by atoms with Gasteiger partial charge in [-0.2, -0.15) is 0 Å². The molecule has 1 aromatic carbocycles. The van der Waals surface area contributed by atoms with Gasteiger partial charge < -0.3 is 10.2 Å². The van der Waals surface area contributed by atoms with E-state index >= 15 is 0 Å². The Morgan fingerprint density at radius 3 is 2.33 bits per heavy atom. The van der Waals surface area contributed by atoms with E-state index in [4.69, 9.17) is 0 Å². The number of pyridine rings is 1. The van der Waals surface area contributed by atoms with E-state index in [1.807, 2.05) is 30.5 Å². The van der Waals surface area contributed by atoms with Crippen molar-refractivity contribution in [2.45, 2.75) is 36.7 Å². The molecular formula is C20H28N4O2S. The van der Waals surface area contributed by atoms with Gasteiger partial charge in [0, 0.05) is 45.5 Å². The minimum absolute atomic E-state index is 0.174. The molecule has 1 aromatic heterocycles. The number of anilines is 1. The Morgan fingerprint density at radius 2 is 1.78 bits per heavy atom. The summed E-state index contributed by atoms with van der Waals surface area (Å²) in [7, 11) is -0.285. The molecule has 2 aromatic rings. The van der Waals surface area contributed by atoms with Crippen molar-refractivity contribution in [3.8, 4) is 0 Å². The molecule has 0 bridgehead atoms. The molecule has 1 aliphatic rings. The number of nitrogens with one attached hydrogen (secondary N) is 1. The van der Waals surface area contributed by atoms with Crippen LogP contribution in [0.5, 0.6) is 0 Å². The Bertz CT molecular complexity index is 830. The average molecular weight is 389 g/mol. The van der Waals surface area contributed by atoms with Crippen LogP contribution in [0.2, 0.25) is 0 Å². The number of aromatic nitrogens is 1. The molecule has 1 fully saturated rings. The molecule has 0 aliphatic carbocycles.